The van der Waals surface area contributed by atoms with Crippen LogP contribution in [0.25, 0.3) is 0 Å². The molecule has 0 unspecified atom stereocenters. The molecule has 0 bridgehead atoms. The first kappa shape index (κ1) is 11.1. The number of benzene rings is 1. The molecule has 0 atom stereocenters. The van der Waals surface area contributed by atoms with Crippen molar-refractivity contribution >= 4 is 5.91 Å². The smallest absolute Gasteiger partial charge is 0.254 e. The number of nitrogens with zero attached hydrogens (tertiary/aromatic N) is 1. The Morgan fingerprint density at radius 3 is 2.81 bits per heavy atom. The topological polar surface area (TPSA) is 46.3 Å². The maximum absolute atomic E-state index is 13.0. The van der Waals surface area contributed by atoms with E-state index in [0.717, 1.165) is 12.8 Å². The van der Waals surface area contributed by atoms with Crippen LogP contribution in [0.15, 0.2) is 24.3 Å². The monoisotopic (exact) mass is 222 g/mol. The number of nitrogens with two attached hydrogens (primary N) is 1. The van der Waals surface area contributed by atoms with Crippen molar-refractivity contribution < 1.29 is 9.18 Å². The lowest BCUT2D eigenvalue weighted by molar-refractivity contribution is 0.0747. The molecule has 1 amide bonds. The van der Waals surface area contributed by atoms with Crippen LogP contribution in [0.4, 0.5) is 4.39 Å². The summed E-state index contributed by atoms with van der Waals surface area (Å²) in [4.78, 5) is 13.8. The summed E-state index contributed by atoms with van der Waals surface area (Å²) in [5, 5.41) is 0. The molecule has 0 spiro atoms. The van der Waals surface area contributed by atoms with E-state index in [4.69, 9.17) is 5.73 Å². The van der Waals surface area contributed by atoms with Crippen molar-refractivity contribution in [3.05, 3.63) is 35.6 Å². The maximum atomic E-state index is 13.0. The Balaban J connectivity index is 2.15. The average Bonchev–Trinajstić information content (AvgIpc) is 3.09. The summed E-state index contributed by atoms with van der Waals surface area (Å²) in [6, 6.07) is 6.10. The molecule has 1 aliphatic carbocycles. The number of halogens is 1. The molecule has 3 nitrogen and oxygen atoms in total. The molecule has 0 saturated heterocycles. The fourth-order valence-corrected chi connectivity index (χ4v) is 1.76. The van der Waals surface area contributed by atoms with Gasteiger partial charge in [-0.05, 0) is 31.0 Å². The molecule has 2 N–H and O–H groups in total. The maximum Gasteiger partial charge on any atom is 0.254 e. The molecule has 0 radical (unpaired) electrons. The Hall–Kier alpha value is -1.42. The molecular formula is C12H15FN2O. The predicted molar refractivity (Wildman–Crippen MR) is 59.5 cm³/mol. The standard InChI is InChI=1S/C12H15FN2O/c13-10-3-1-2-9(8-10)12(16)15(7-6-14)11-4-5-11/h1-3,8,11H,4-7,14H2. The van der Waals surface area contributed by atoms with Gasteiger partial charge in [0.1, 0.15) is 5.82 Å². The second kappa shape index (κ2) is 4.61. The minimum atomic E-state index is -0.380. The summed E-state index contributed by atoms with van der Waals surface area (Å²) < 4.78 is 13.0. The molecule has 16 heavy (non-hydrogen) atoms. The molecule has 0 heterocycles. The van der Waals surface area contributed by atoms with Crippen LogP contribution in [0, 0.1) is 5.82 Å². The predicted octanol–water partition coefficient (Wildman–Crippen LogP) is 1.39. The van der Waals surface area contributed by atoms with Gasteiger partial charge < -0.3 is 10.6 Å². The lowest BCUT2D eigenvalue weighted by Gasteiger charge is -2.21. The Labute approximate surface area is 94.0 Å². The van der Waals surface area contributed by atoms with Gasteiger partial charge in [0.2, 0.25) is 0 Å². The van der Waals surface area contributed by atoms with E-state index in [1.807, 2.05) is 0 Å². The highest BCUT2D eigenvalue weighted by Crippen LogP contribution is 2.27. The zero-order valence-corrected chi connectivity index (χ0v) is 9.03. The highest BCUT2D eigenvalue weighted by molar-refractivity contribution is 5.94. The molecule has 4 heteroatoms. The fourth-order valence-electron chi connectivity index (χ4n) is 1.76. The molecule has 1 fully saturated rings. The Bertz CT molecular complexity index is 390. The lowest BCUT2D eigenvalue weighted by Crippen LogP contribution is -2.37. The average molecular weight is 222 g/mol. The van der Waals surface area contributed by atoms with E-state index in [0.29, 0.717) is 24.7 Å². The summed E-state index contributed by atoms with van der Waals surface area (Å²) in [6.07, 6.45) is 2.06. The van der Waals surface area contributed by atoms with Crippen LogP contribution in [-0.2, 0) is 0 Å². The van der Waals surface area contributed by atoms with E-state index in [1.165, 1.54) is 12.1 Å². The van der Waals surface area contributed by atoms with Crippen LogP contribution in [-0.4, -0.2) is 29.9 Å². The van der Waals surface area contributed by atoms with Crippen LogP contribution >= 0.6 is 0 Å². The lowest BCUT2D eigenvalue weighted by atomic mass is 10.2. The molecule has 0 aliphatic heterocycles. The van der Waals surface area contributed by atoms with E-state index in [2.05, 4.69) is 0 Å². The van der Waals surface area contributed by atoms with Crippen molar-refractivity contribution in [2.75, 3.05) is 13.1 Å². The second-order valence-electron chi connectivity index (χ2n) is 4.03. The number of hydrogen-bond donors (Lipinski definition) is 1. The number of amides is 1. The number of rotatable bonds is 4. The van der Waals surface area contributed by atoms with Gasteiger partial charge in [-0.25, -0.2) is 4.39 Å². The van der Waals surface area contributed by atoms with Crippen LogP contribution in [0.1, 0.15) is 23.2 Å². The molecular weight excluding hydrogens is 207 g/mol. The summed E-state index contributed by atoms with van der Waals surface area (Å²) in [6.45, 7) is 0.984. The van der Waals surface area contributed by atoms with Crippen LogP contribution < -0.4 is 5.73 Å². The van der Waals surface area contributed by atoms with Gasteiger partial charge in [0.15, 0.2) is 0 Å². The first-order valence-corrected chi connectivity index (χ1v) is 5.49. The van der Waals surface area contributed by atoms with E-state index >= 15 is 0 Å². The van der Waals surface area contributed by atoms with E-state index in [-0.39, 0.29) is 11.7 Å². The van der Waals surface area contributed by atoms with Crippen molar-refractivity contribution in [1.29, 1.82) is 0 Å². The van der Waals surface area contributed by atoms with Crippen LogP contribution in [0.2, 0.25) is 0 Å². The SMILES string of the molecule is NCCN(C(=O)c1cccc(F)c1)C1CC1. The van der Waals surface area contributed by atoms with Gasteiger partial charge in [0.25, 0.3) is 5.91 Å². The van der Waals surface area contributed by atoms with Gasteiger partial charge in [0.05, 0.1) is 0 Å². The van der Waals surface area contributed by atoms with Crippen molar-refractivity contribution in [1.82, 2.24) is 4.90 Å². The molecule has 1 aromatic carbocycles. The highest BCUT2D eigenvalue weighted by atomic mass is 19.1. The van der Waals surface area contributed by atoms with E-state index < -0.39 is 0 Å². The molecule has 0 aromatic heterocycles. The van der Waals surface area contributed by atoms with Crippen molar-refractivity contribution in [3.63, 3.8) is 0 Å². The van der Waals surface area contributed by atoms with Gasteiger partial charge in [-0.15, -0.1) is 0 Å². The summed E-state index contributed by atoms with van der Waals surface area (Å²) in [5.74, 6) is -0.498. The molecule has 86 valence electrons. The van der Waals surface area contributed by atoms with E-state index in [9.17, 15) is 9.18 Å². The first-order valence-electron chi connectivity index (χ1n) is 5.49. The third-order valence-electron chi connectivity index (χ3n) is 2.69. The summed E-state index contributed by atoms with van der Waals surface area (Å²) in [7, 11) is 0. The number of carbonyl (C=O) groups excluding carboxylic acids is 1. The minimum Gasteiger partial charge on any atom is -0.334 e. The van der Waals surface area contributed by atoms with E-state index in [1.54, 1.807) is 17.0 Å². The third kappa shape index (κ3) is 2.39. The van der Waals surface area contributed by atoms with Gasteiger partial charge in [-0.1, -0.05) is 6.07 Å². The minimum absolute atomic E-state index is 0.118. The largest absolute Gasteiger partial charge is 0.334 e. The quantitative estimate of drug-likeness (QED) is 0.836. The second-order valence-corrected chi connectivity index (χ2v) is 4.03. The van der Waals surface area contributed by atoms with Crippen LogP contribution in [0.5, 0.6) is 0 Å². The Morgan fingerprint density at radius 2 is 2.25 bits per heavy atom. The van der Waals surface area contributed by atoms with Gasteiger partial charge in [-0.3, -0.25) is 4.79 Å². The Morgan fingerprint density at radius 1 is 1.50 bits per heavy atom. The van der Waals surface area contributed by atoms with Gasteiger partial charge in [0, 0.05) is 24.7 Å². The first-order chi connectivity index (χ1) is 7.72. The third-order valence-corrected chi connectivity index (χ3v) is 2.69. The zero-order valence-electron chi connectivity index (χ0n) is 9.03. The fraction of sp³-hybridized carbons (Fsp3) is 0.417. The highest BCUT2D eigenvalue weighted by Gasteiger charge is 2.32. The van der Waals surface area contributed by atoms with Gasteiger partial charge >= 0.3 is 0 Å². The van der Waals surface area contributed by atoms with Gasteiger partial charge in [-0.2, -0.15) is 0 Å². The summed E-state index contributed by atoms with van der Waals surface area (Å²) >= 11 is 0. The van der Waals surface area contributed by atoms with Crippen molar-refractivity contribution in [3.8, 4) is 0 Å². The molecule has 1 aromatic rings. The Kier molecular flexibility index (Phi) is 3.19. The van der Waals surface area contributed by atoms with Crippen molar-refractivity contribution in [2.45, 2.75) is 18.9 Å². The van der Waals surface area contributed by atoms with Crippen LogP contribution in [0.3, 0.4) is 0 Å². The molecule has 2 rings (SSSR count). The number of hydrogen-bond acceptors (Lipinski definition) is 2. The summed E-state index contributed by atoms with van der Waals surface area (Å²) in [5.41, 5.74) is 5.88. The number of carbonyl (C=O) groups is 1. The molecule has 1 aliphatic rings. The normalized spacial score (nSPS) is 14.9. The van der Waals surface area contributed by atoms with Crippen molar-refractivity contribution in [2.24, 2.45) is 5.73 Å². The zero-order chi connectivity index (χ0) is 11.5. The molecule has 1 saturated carbocycles.